The number of aliphatic hydroxyl groups is 1. The number of aliphatic hydroxyl groups excluding tert-OH is 1. The number of nitrogens with zero attached hydrogens (tertiary/aromatic N) is 3. The Bertz CT molecular complexity index is 693. The number of hydrogen-bond acceptors (Lipinski definition) is 7. The zero-order valence-corrected chi connectivity index (χ0v) is 13.5. The molecule has 118 valence electrons. The van der Waals surface area contributed by atoms with Crippen LogP contribution in [0.3, 0.4) is 0 Å². The Kier molecular flexibility index (Phi) is 4.26. The summed E-state index contributed by atoms with van der Waals surface area (Å²) in [5.74, 6) is 0.546. The standard InChI is InChI=1S/C15H19N3O3S/c1-3-21-15(20)12-9(2)11-13(16-8-17-14(11)22-12)18-6-4-10(19)5-7-18/h8,10,19H,3-7H2,1-2H3. The number of esters is 1. The number of thiophene rings is 1. The summed E-state index contributed by atoms with van der Waals surface area (Å²) < 4.78 is 5.11. The number of anilines is 1. The zero-order valence-electron chi connectivity index (χ0n) is 12.7. The van der Waals surface area contributed by atoms with Crippen LogP contribution in [0.2, 0.25) is 0 Å². The number of aromatic nitrogens is 2. The van der Waals surface area contributed by atoms with E-state index in [1.54, 1.807) is 6.92 Å². The molecule has 0 aliphatic carbocycles. The second-order valence-corrected chi connectivity index (χ2v) is 6.37. The summed E-state index contributed by atoms with van der Waals surface area (Å²) in [6.07, 6.45) is 2.78. The number of piperidine rings is 1. The molecular weight excluding hydrogens is 302 g/mol. The highest BCUT2D eigenvalue weighted by atomic mass is 32.1. The molecule has 0 radical (unpaired) electrons. The minimum Gasteiger partial charge on any atom is -0.462 e. The number of aryl methyl sites for hydroxylation is 1. The third-order valence-corrected chi connectivity index (χ3v) is 5.11. The molecule has 0 atom stereocenters. The Morgan fingerprint density at radius 3 is 2.86 bits per heavy atom. The van der Waals surface area contributed by atoms with Crippen LogP contribution in [-0.2, 0) is 4.74 Å². The third-order valence-electron chi connectivity index (χ3n) is 3.93. The number of hydrogen-bond donors (Lipinski definition) is 1. The molecule has 0 unspecified atom stereocenters. The van der Waals surface area contributed by atoms with Crippen molar-refractivity contribution in [2.45, 2.75) is 32.8 Å². The third kappa shape index (κ3) is 2.66. The van der Waals surface area contributed by atoms with Gasteiger partial charge in [0.15, 0.2) is 0 Å². The van der Waals surface area contributed by atoms with E-state index in [0.717, 1.165) is 47.5 Å². The first-order valence-electron chi connectivity index (χ1n) is 7.46. The van der Waals surface area contributed by atoms with E-state index in [1.165, 1.54) is 17.7 Å². The monoisotopic (exact) mass is 321 g/mol. The predicted molar refractivity (Wildman–Crippen MR) is 85.6 cm³/mol. The number of carbonyl (C=O) groups excluding carboxylic acids is 1. The molecule has 22 heavy (non-hydrogen) atoms. The Morgan fingerprint density at radius 2 is 2.18 bits per heavy atom. The van der Waals surface area contributed by atoms with Gasteiger partial charge < -0.3 is 14.7 Å². The van der Waals surface area contributed by atoms with Crippen LogP contribution in [0.15, 0.2) is 6.33 Å². The molecule has 0 spiro atoms. The fourth-order valence-electron chi connectivity index (χ4n) is 2.76. The average Bonchev–Trinajstić information content (AvgIpc) is 2.86. The van der Waals surface area contributed by atoms with E-state index >= 15 is 0 Å². The van der Waals surface area contributed by atoms with E-state index in [1.807, 2.05) is 6.92 Å². The van der Waals surface area contributed by atoms with Gasteiger partial charge in [-0.15, -0.1) is 11.3 Å². The van der Waals surface area contributed by atoms with Crippen molar-refractivity contribution in [2.75, 3.05) is 24.6 Å². The molecule has 1 fully saturated rings. The van der Waals surface area contributed by atoms with E-state index in [9.17, 15) is 9.90 Å². The Labute approximate surface area is 132 Å². The molecule has 6 nitrogen and oxygen atoms in total. The molecule has 3 rings (SSSR count). The fraction of sp³-hybridized carbons (Fsp3) is 0.533. The first kappa shape index (κ1) is 15.2. The van der Waals surface area contributed by atoms with Gasteiger partial charge in [0, 0.05) is 13.1 Å². The van der Waals surface area contributed by atoms with E-state index in [4.69, 9.17) is 4.74 Å². The lowest BCUT2D eigenvalue weighted by atomic mass is 10.1. The van der Waals surface area contributed by atoms with Gasteiger partial charge in [-0.25, -0.2) is 14.8 Å². The summed E-state index contributed by atoms with van der Waals surface area (Å²) in [7, 11) is 0. The average molecular weight is 321 g/mol. The van der Waals surface area contributed by atoms with E-state index in [2.05, 4.69) is 14.9 Å². The quantitative estimate of drug-likeness (QED) is 0.873. The molecule has 0 aromatic carbocycles. The van der Waals surface area contributed by atoms with Crippen molar-refractivity contribution in [2.24, 2.45) is 0 Å². The first-order chi connectivity index (χ1) is 10.6. The molecule has 0 saturated carbocycles. The zero-order chi connectivity index (χ0) is 15.7. The molecule has 1 aliphatic heterocycles. The molecule has 0 bridgehead atoms. The Morgan fingerprint density at radius 1 is 1.45 bits per heavy atom. The molecule has 0 amide bonds. The normalized spacial score (nSPS) is 16.2. The molecule has 7 heteroatoms. The number of fused-ring (bicyclic) bond motifs is 1. The summed E-state index contributed by atoms with van der Waals surface area (Å²) >= 11 is 1.35. The van der Waals surface area contributed by atoms with Gasteiger partial charge in [-0.05, 0) is 32.3 Å². The van der Waals surface area contributed by atoms with Crippen LogP contribution in [0, 0.1) is 6.92 Å². The minimum atomic E-state index is -0.303. The molecular formula is C15H19N3O3S. The van der Waals surface area contributed by atoms with Gasteiger partial charge in [0.05, 0.1) is 18.1 Å². The maximum absolute atomic E-state index is 12.1. The summed E-state index contributed by atoms with van der Waals surface area (Å²) in [5.41, 5.74) is 0.875. The van der Waals surface area contributed by atoms with Gasteiger partial charge in [0.25, 0.3) is 0 Å². The number of rotatable bonds is 3. The van der Waals surface area contributed by atoms with Crippen molar-refractivity contribution in [3.05, 3.63) is 16.8 Å². The van der Waals surface area contributed by atoms with Gasteiger partial charge >= 0.3 is 5.97 Å². The smallest absolute Gasteiger partial charge is 0.348 e. The van der Waals surface area contributed by atoms with Crippen molar-refractivity contribution >= 4 is 33.3 Å². The van der Waals surface area contributed by atoms with Gasteiger partial charge in [0.1, 0.15) is 21.9 Å². The lowest BCUT2D eigenvalue weighted by molar-refractivity contribution is 0.0531. The van der Waals surface area contributed by atoms with Crippen LogP contribution in [0.4, 0.5) is 5.82 Å². The van der Waals surface area contributed by atoms with E-state index < -0.39 is 0 Å². The SMILES string of the molecule is CCOC(=O)c1sc2ncnc(N3CCC(O)CC3)c2c1C. The molecule has 2 aromatic rings. The second-order valence-electron chi connectivity index (χ2n) is 5.37. The molecule has 1 aliphatic rings. The number of carbonyl (C=O) groups is 1. The lowest BCUT2D eigenvalue weighted by Gasteiger charge is -2.30. The Hall–Kier alpha value is -1.73. The van der Waals surface area contributed by atoms with Gasteiger partial charge in [0.2, 0.25) is 0 Å². The Balaban J connectivity index is 2.03. The van der Waals surface area contributed by atoms with Gasteiger partial charge in [-0.1, -0.05) is 0 Å². The topological polar surface area (TPSA) is 75.5 Å². The van der Waals surface area contributed by atoms with Crippen molar-refractivity contribution in [3.63, 3.8) is 0 Å². The number of ether oxygens (including phenoxy) is 1. The van der Waals surface area contributed by atoms with Crippen LogP contribution >= 0.6 is 11.3 Å². The van der Waals surface area contributed by atoms with E-state index in [-0.39, 0.29) is 12.1 Å². The van der Waals surface area contributed by atoms with Crippen molar-refractivity contribution in [1.82, 2.24) is 9.97 Å². The molecule has 1 N–H and O–H groups in total. The van der Waals surface area contributed by atoms with Crippen molar-refractivity contribution in [3.8, 4) is 0 Å². The van der Waals surface area contributed by atoms with Crippen molar-refractivity contribution in [1.29, 1.82) is 0 Å². The highest BCUT2D eigenvalue weighted by Crippen LogP contribution is 2.36. The van der Waals surface area contributed by atoms with E-state index in [0.29, 0.717) is 11.5 Å². The molecule has 2 aromatic heterocycles. The lowest BCUT2D eigenvalue weighted by Crippen LogP contribution is -2.36. The van der Waals surface area contributed by atoms with Crippen LogP contribution in [0.5, 0.6) is 0 Å². The minimum absolute atomic E-state index is 0.229. The van der Waals surface area contributed by atoms with Crippen LogP contribution in [-0.4, -0.2) is 46.8 Å². The molecule has 3 heterocycles. The highest BCUT2D eigenvalue weighted by molar-refractivity contribution is 7.20. The summed E-state index contributed by atoms with van der Waals surface area (Å²) in [6, 6.07) is 0. The summed E-state index contributed by atoms with van der Waals surface area (Å²) in [6.45, 7) is 5.59. The maximum Gasteiger partial charge on any atom is 0.348 e. The van der Waals surface area contributed by atoms with Gasteiger partial charge in [-0.2, -0.15) is 0 Å². The largest absolute Gasteiger partial charge is 0.462 e. The van der Waals surface area contributed by atoms with Gasteiger partial charge in [-0.3, -0.25) is 0 Å². The van der Waals surface area contributed by atoms with Crippen LogP contribution in [0.1, 0.15) is 35.0 Å². The fourth-order valence-corrected chi connectivity index (χ4v) is 3.80. The second kappa shape index (κ2) is 6.18. The summed E-state index contributed by atoms with van der Waals surface area (Å²) in [5, 5.41) is 10.6. The molecule has 1 saturated heterocycles. The van der Waals surface area contributed by atoms with Crippen LogP contribution < -0.4 is 4.90 Å². The highest BCUT2D eigenvalue weighted by Gasteiger charge is 2.24. The van der Waals surface area contributed by atoms with Crippen LogP contribution in [0.25, 0.3) is 10.2 Å². The first-order valence-corrected chi connectivity index (χ1v) is 8.27. The van der Waals surface area contributed by atoms with Crippen molar-refractivity contribution < 1.29 is 14.6 Å². The summed E-state index contributed by atoms with van der Waals surface area (Å²) in [4.78, 5) is 24.3. The maximum atomic E-state index is 12.1. The predicted octanol–water partition coefficient (Wildman–Crippen LogP) is 2.14.